The number of anilines is 3. The number of thiazole rings is 1. The van der Waals surface area contributed by atoms with Crippen LogP contribution in [-0.2, 0) is 10.0 Å². The van der Waals surface area contributed by atoms with E-state index in [1.54, 1.807) is 48.5 Å². The molecule has 4 aromatic rings. The Morgan fingerprint density at radius 3 is 2.22 bits per heavy atom. The third-order valence-corrected chi connectivity index (χ3v) is 8.72. The molecular formula is C22H20N4O3S3. The van der Waals surface area contributed by atoms with Crippen molar-refractivity contribution in [2.24, 2.45) is 0 Å². The van der Waals surface area contributed by atoms with Crippen LogP contribution in [0.5, 0.6) is 0 Å². The van der Waals surface area contributed by atoms with Crippen molar-refractivity contribution in [1.82, 2.24) is 4.98 Å². The van der Waals surface area contributed by atoms with Gasteiger partial charge in [-0.15, -0.1) is 22.7 Å². The molecule has 2 aromatic carbocycles. The van der Waals surface area contributed by atoms with E-state index in [1.807, 2.05) is 30.5 Å². The molecule has 32 heavy (non-hydrogen) atoms. The van der Waals surface area contributed by atoms with Gasteiger partial charge >= 0.3 is 6.03 Å². The number of amides is 2. The summed E-state index contributed by atoms with van der Waals surface area (Å²) in [6, 6.07) is 18.7. The van der Waals surface area contributed by atoms with Gasteiger partial charge in [-0.25, -0.2) is 18.2 Å². The number of carbonyl (C=O) groups is 1. The number of nitrogens with zero attached hydrogens (tertiary/aromatic N) is 2. The number of thiophene rings is 1. The molecule has 0 unspecified atom stereocenters. The van der Waals surface area contributed by atoms with Gasteiger partial charge in [-0.05, 0) is 55.5 Å². The second-order valence-electron chi connectivity index (χ2n) is 6.84. The van der Waals surface area contributed by atoms with Crippen LogP contribution in [0.15, 0.2) is 76.3 Å². The lowest BCUT2D eigenvalue weighted by Gasteiger charge is -2.19. The van der Waals surface area contributed by atoms with Crippen molar-refractivity contribution >= 4 is 55.8 Å². The first-order chi connectivity index (χ1) is 15.3. The van der Waals surface area contributed by atoms with Crippen LogP contribution in [-0.4, -0.2) is 26.5 Å². The third-order valence-electron chi connectivity index (χ3n) is 4.59. The minimum absolute atomic E-state index is 0.241. The van der Waals surface area contributed by atoms with Crippen molar-refractivity contribution in [1.29, 1.82) is 0 Å². The van der Waals surface area contributed by atoms with Crippen molar-refractivity contribution < 1.29 is 13.2 Å². The number of rotatable bonds is 6. The van der Waals surface area contributed by atoms with E-state index in [0.717, 1.165) is 15.6 Å². The van der Waals surface area contributed by atoms with Crippen molar-refractivity contribution in [3.8, 4) is 10.6 Å². The lowest BCUT2D eigenvalue weighted by atomic mass is 10.3. The fourth-order valence-corrected chi connectivity index (χ4v) is 6.24. The van der Waals surface area contributed by atoms with Crippen molar-refractivity contribution in [3.05, 3.63) is 77.1 Å². The molecule has 10 heteroatoms. The number of hydrogen-bond donors (Lipinski definition) is 2. The fourth-order valence-electron chi connectivity index (χ4n) is 2.92. The zero-order valence-electron chi connectivity index (χ0n) is 17.3. The van der Waals surface area contributed by atoms with Gasteiger partial charge in [-0.1, -0.05) is 18.2 Å². The number of para-hydroxylation sites is 1. The van der Waals surface area contributed by atoms with Crippen LogP contribution in [0.1, 0.15) is 5.01 Å². The van der Waals surface area contributed by atoms with Gasteiger partial charge in [0.15, 0.2) is 0 Å². The largest absolute Gasteiger partial charge is 0.323 e. The minimum atomic E-state index is -3.72. The lowest BCUT2D eigenvalue weighted by molar-refractivity contribution is 0.262. The Hall–Kier alpha value is -3.21. The van der Waals surface area contributed by atoms with E-state index in [-0.39, 0.29) is 10.2 Å². The van der Waals surface area contributed by atoms with Crippen LogP contribution >= 0.6 is 22.7 Å². The first-order valence-electron chi connectivity index (χ1n) is 9.57. The average Bonchev–Trinajstić information content (AvgIpc) is 3.44. The van der Waals surface area contributed by atoms with E-state index in [0.29, 0.717) is 17.1 Å². The molecule has 164 valence electrons. The Labute approximate surface area is 194 Å². The van der Waals surface area contributed by atoms with E-state index in [4.69, 9.17) is 0 Å². The number of benzene rings is 2. The van der Waals surface area contributed by atoms with E-state index >= 15 is 0 Å². The molecule has 0 bridgehead atoms. The molecular weight excluding hydrogens is 464 g/mol. The van der Waals surface area contributed by atoms with Gasteiger partial charge in [0.1, 0.15) is 4.21 Å². The molecule has 0 radical (unpaired) electrons. The van der Waals surface area contributed by atoms with E-state index in [9.17, 15) is 13.2 Å². The van der Waals surface area contributed by atoms with E-state index in [2.05, 4.69) is 15.6 Å². The first kappa shape index (κ1) is 22.0. The second kappa shape index (κ2) is 9.11. The maximum absolute atomic E-state index is 13.1. The van der Waals surface area contributed by atoms with Gasteiger partial charge < -0.3 is 10.6 Å². The highest BCUT2D eigenvalue weighted by molar-refractivity contribution is 7.94. The standard InChI is InChI=1S/C22H20N4O3S3/c1-15-23-19(14-30-15)20-12-13-21(31-20)32(28,29)26(2)18-10-8-17(9-11-18)25-22(27)24-16-6-4-3-5-7-16/h3-14H,1-2H3,(H2,24,25,27). The predicted molar refractivity (Wildman–Crippen MR) is 131 cm³/mol. The molecule has 0 atom stereocenters. The summed E-state index contributed by atoms with van der Waals surface area (Å²) in [5.41, 5.74) is 2.49. The molecule has 7 nitrogen and oxygen atoms in total. The predicted octanol–water partition coefficient (Wildman–Crippen LogP) is 5.65. The summed E-state index contributed by atoms with van der Waals surface area (Å²) in [6.07, 6.45) is 0. The van der Waals surface area contributed by atoms with Crippen molar-refractivity contribution in [2.45, 2.75) is 11.1 Å². The average molecular weight is 485 g/mol. The summed E-state index contributed by atoms with van der Waals surface area (Å²) in [5, 5.41) is 8.31. The zero-order valence-corrected chi connectivity index (χ0v) is 19.7. The molecule has 4 rings (SSSR count). The molecule has 0 aliphatic heterocycles. The normalized spacial score (nSPS) is 11.2. The minimum Gasteiger partial charge on any atom is -0.308 e. The smallest absolute Gasteiger partial charge is 0.308 e. The molecule has 0 spiro atoms. The molecule has 2 amide bonds. The molecule has 2 aromatic heterocycles. The summed E-state index contributed by atoms with van der Waals surface area (Å²) in [5.74, 6) is 0. The number of aryl methyl sites for hydroxylation is 1. The third kappa shape index (κ3) is 4.82. The second-order valence-corrected chi connectivity index (χ2v) is 11.2. The quantitative estimate of drug-likeness (QED) is 0.370. The summed E-state index contributed by atoms with van der Waals surface area (Å²) >= 11 is 2.72. The van der Waals surface area contributed by atoms with Crippen LogP contribution < -0.4 is 14.9 Å². The molecule has 2 N–H and O–H groups in total. The number of urea groups is 1. The first-order valence-corrected chi connectivity index (χ1v) is 12.7. The van der Waals surface area contributed by atoms with Gasteiger partial charge in [-0.2, -0.15) is 0 Å². The number of carbonyl (C=O) groups excluding carboxylic acids is 1. The Morgan fingerprint density at radius 2 is 1.59 bits per heavy atom. The van der Waals surface area contributed by atoms with Crippen LogP contribution in [0.25, 0.3) is 10.6 Å². The van der Waals surface area contributed by atoms with Crippen LogP contribution in [0.3, 0.4) is 0 Å². The van der Waals surface area contributed by atoms with Gasteiger partial charge in [0.05, 0.1) is 21.3 Å². The van der Waals surface area contributed by atoms with Crippen LogP contribution in [0.2, 0.25) is 0 Å². The molecule has 0 fully saturated rings. The highest BCUT2D eigenvalue weighted by Gasteiger charge is 2.24. The number of nitrogens with one attached hydrogen (secondary N) is 2. The molecule has 0 aliphatic carbocycles. The number of hydrogen-bond acceptors (Lipinski definition) is 6. The van der Waals surface area contributed by atoms with Crippen LogP contribution in [0, 0.1) is 6.92 Å². The lowest BCUT2D eigenvalue weighted by Crippen LogP contribution is -2.25. The molecule has 0 aliphatic rings. The highest BCUT2D eigenvalue weighted by atomic mass is 32.2. The molecule has 2 heterocycles. The monoisotopic (exact) mass is 484 g/mol. The van der Waals surface area contributed by atoms with E-state index in [1.165, 1.54) is 34.0 Å². The van der Waals surface area contributed by atoms with Gasteiger partial charge in [0.25, 0.3) is 10.0 Å². The fraction of sp³-hybridized carbons (Fsp3) is 0.0909. The number of sulfonamides is 1. The van der Waals surface area contributed by atoms with Gasteiger partial charge in [-0.3, -0.25) is 4.31 Å². The van der Waals surface area contributed by atoms with Crippen LogP contribution in [0.4, 0.5) is 21.9 Å². The maximum atomic E-state index is 13.1. The Kier molecular flexibility index (Phi) is 6.26. The summed E-state index contributed by atoms with van der Waals surface area (Å²) < 4.78 is 27.6. The molecule has 0 saturated heterocycles. The topological polar surface area (TPSA) is 91.4 Å². The highest BCUT2D eigenvalue weighted by Crippen LogP contribution is 2.34. The Morgan fingerprint density at radius 1 is 0.938 bits per heavy atom. The zero-order chi connectivity index (χ0) is 22.7. The van der Waals surface area contributed by atoms with Crippen molar-refractivity contribution in [3.63, 3.8) is 0 Å². The summed E-state index contributed by atoms with van der Waals surface area (Å²) in [4.78, 5) is 17.4. The van der Waals surface area contributed by atoms with E-state index < -0.39 is 10.0 Å². The van der Waals surface area contributed by atoms with Gasteiger partial charge in [0.2, 0.25) is 0 Å². The Bertz CT molecular complexity index is 1330. The van der Waals surface area contributed by atoms with Crippen molar-refractivity contribution in [2.75, 3.05) is 22.0 Å². The maximum Gasteiger partial charge on any atom is 0.323 e. The summed E-state index contributed by atoms with van der Waals surface area (Å²) in [7, 11) is -2.21. The SMILES string of the molecule is Cc1nc(-c2ccc(S(=O)(=O)N(C)c3ccc(NC(=O)Nc4ccccc4)cc3)s2)cs1. The van der Waals surface area contributed by atoms with Gasteiger partial charge in [0, 0.05) is 23.8 Å². The number of aromatic nitrogens is 1. The summed E-state index contributed by atoms with van der Waals surface area (Å²) in [6.45, 7) is 1.91. The molecule has 0 saturated carbocycles. The Balaban J connectivity index is 1.45.